The van der Waals surface area contributed by atoms with Crippen LogP contribution in [0.1, 0.15) is 37.3 Å². The molecule has 6 heteroatoms. The number of aryl methyl sites for hydroxylation is 2. The number of anilines is 1. The quantitative estimate of drug-likeness (QED) is 0.626. The van der Waals surface area contributed by atoms with Gasteiger partial charge in [-0.25, -0.2) is 4.98 Å². The lowest BCUT2D eigenvalue weighted by Gasteiger charge is -2.38. The summed E-state index contributed by atoms with van der Waals surface area (Å²) in [4.78, 5) is 18.9. The van der Waals surface area contributed by atoms with Crippen LogP contribution in [0.15, 0.2) is 36.4 Å². The summed E-state index contributed by atoms with van der Waals surface area (Å²) in [5.74, 6) is -0.118. The van der Waals surface area contributed by atoms with E-state index >= 15 is 0 Å². The van der Waals surface area contributed by atoms with Crippen LogP contribution in [0.5, 0.6) is 0 Å². The van der Waals surface area contributed by atoms with E-state index in [-0.39, 0.29) is 12.0 Å². The molecule has 1 unspecified atom stereocenters. The maximum atomic E-state index is 11.5. The highest BCUT2D eigenvalue weighted by molar-refractivity contribution is 6.32. The number of imidazole rings is 1. The molecule has 0 bridgehead atoms. The molecule has 0 amide bonds. The molecule has 0 saturated carbocycles. The summed E-state index contributed by atoms with van der Waals surface area (Å²) < 4.78 is 2.18. The number of carbonyl (C=O) groups is 1. The first-order chi connectivity index (χ1) is 13.9. The Hall–Kier alpha value is -2.53. The Kier molecular flexibility index (Phi) is 5.26. The molecule has 152 valence electrons. The number of aromatic nitrogens is 2. The molecular formula is C23H26ClN3O2. The van der Waals surface area contributed by atoms with Crippen LogP contribution in [0.3, 0.4) is 0 Å². The van der Waals surface area contributed by atoms with Gasteiger partial charge in [-0.15, -0.1) is 0 Å². The van der Waals surface area contributed by atoms with Crippen molar-refractivity contribution in [2.24, 2.45) is 5.92 Å². The third-order valence-electron chi connectivity index (χ3n) is 6.08. The minimum absolute atomic E-state index is 0.140. The lowest BCUT2D eigenvalue weighted by molar-refractivity contribution is -0.142. The van der Waals surface area contributed by atoms with E-state index in [1.807, 2.05) is 19.1 Å². The Balaban J connectivity index is 1.89. The summed E-state index contributed by atoms with van der Waals surface area (Å²) in [5, 5.41) is 10.2. The Morgan fingerprint density at radius 3 is 2.59 bits per heavy atom. The second kappa shape index (κ2) is 7.71. The summed E-state index contributed by atoms with van der Waals surface area (Å²) in [5.41, 5.74) is 5.12. The smallest absolute Gasteiger partial charge is 0.306 e. The highest BCUT2D eigenvalue weighted by Gasteiger charge is 2.34. The largest absolute Gasteiger partial charge is 0.481 e. The summed E-state index contributed by atoms with van der Waals surface area (Å²) in [6.07, 6.45) is 2.14. The molecule has 2 aromatic carbocycles. The van der Waals surface area contributed by atoms with Crippen molar-refractivity contribution in [1.82, 2.24) is 9.55 Å². The van der Waals surface area contributed by atoms with Gasteiger partial charge in [-0.3, -0.25) is 9.36 Å². The Morgan fingerprint density at radius 2 is 1.93 bits per heavy atom. The van der Waals surface area contributed by atoms with Crippen LogP contribution < -0.4 is 4.90 Å². The molecule has 1 saturated heterocycles. The van der Waals surface area contributed by atoms with Gasteiger partial charge in [0.2, 0.25) is 5.95 Å². The van der Waals surface area contributed by atoms with E-state index in [4.69, 9.17) is 16.6 Å². The minimum atomic E-state index is -0.697. The number of hydrogen-bond donors (Lipinski definition) is 1. The van der Waals surface area contributed by atoms with Gasteiger partial charge < -0.3 is 10.0 Å². The zero-order valence-corrected chi connectivity index (χ0v) is 17.8. The second-order valence-electron chi connectivity index (χ2n) is 7.94. The molecule has 1 N–H and O–H groups in total. The zero-order valence-electron chi connectivity index (χ0n) is 17.0. The molecule has 2 atom stereocenters. The van der Waals surface area contributed by atoms with Crippen molar-refractivity contribution in [3.63, 3.8) is 0 Å². The number of piperidine rings is 1. The predicted molar refractivity (Wildman–Crippen MR) is 117 cm³/mol. The first kappa shape index (κ1) is 19.8. The van der Waals surface area contributed by atoms with Crippen molar-refractivity contribution >= 4 is 34.6 Å². The summed E-state index contributed by atoms with van der Waals surface area (Å²) in [6, 6.07) is 12.5. The molecule has 29 heavy (non-hydrogen) atoms. The normalized spacial score (nSPS) is 19.7. The van der Waals surface area contributed by atoms with Gasteiger partial charge in [-0.1, -0.05) is 36.2 Å². The predicted octanol–water partition coefficient (Wildman–Crippen LogP) is 5.38. The van der Waals surface area contributed by atoms with Crippen LogP contribution in [0, 0.1) is 19.8 Å². The number of fused-ring (bicyclic) bond motifs is 1. The van der Waals surface area contributed by atoms with Gasteiger partial charge in [0, 0.05) is 23.3 Å². The van der Waals surface area contributed by atoms with E-state index in [1.165, 1.54) is 5.56 Å². The number of rotatable bonds is 4. The van der Waals surface area contributed by atoms with Crippen LogP contribution in [0.4, 0.5) is 5.95 Å². The van der Waals surface area contributed by atoms with Gasteiger partial charge in [-0.2, -0.15) is 0 Å². The van der Waals surface area contributed by atoms with E-state index < -0.39 is 5.97 Å². The fourth-order valence-corrected chi connectivity index (χ4v) is 4.46. The number of carboxylic acid groups (broad SMARTS) is 1. The number of aliphatic carboxylic acids is 1. The zero-order chi connectivity index (χ0) is 20.7. The molecule has 1 fully saturated rings. The molecule has 1 aliphatic heterocycles. The standard InChI is InChI=1S/C23H26ClN3O2/c1-4-17-13-16(22(28)29)11-12-26(17)23-25-21-15(3)19(24)9-10-20(21)27(23)18-7-5-14(2)6-8-18/h5-10,16-17H,4,11-13H2,1-3H3,(H,28,29)/t16?,17-/m0/s1. The third kappa shape index (κ3) is 3.48. The van der Waals surface area contributed by atoms with Crippen molar-refractivity contribution in [2.75, 3.05) is 11.4 Å². The van der Waals surface area contributed by atoms with Crippen LogP contribution >= 0.6 is 11.6 Å². The first-order valence-corrected chi connectivity index (χ1v) is 10.5. The van der Waals surface area contributed by atoms with Gasteiger partial charge in [-0.05, 0) is 62.9 Å². The fourth-order valence-electron chi connectivity index (χ4n) is 4.31. The Labute approximate surface area is 175 Å². The first-order valence-electron chi connectivity index (χ1n) is 10.1. The molecule has 4 rings (SSSR count). The highest BCUT2D eigenvalue weighted by atomic mass is 35.5. The molecule has 2 heterocycles. The van der Waals surface area contributed by atoms with Gasteiger partial charge >= 0.3 is 5.97 Å². The average Bonchev–Trinajstić information content (AvgIpc) is 3.10. The van der Waals surface area contributed by atoms with Crippen molar-refractivity contribution in [3.05, 3.63) is 52.5 Å². The van der Waals surface area contributed by atoms with E-state index in [1.54, 1.807) is 0 Å². The van der Waals surface area contributed by atoms with Gasteiger partial charge in [0.25, 0.3) is 0 Å². The van der Waals surface area contributed by atoms with Crippen LogP contribution in [-0.2, 0) is 4.79 Å². The number of carboxylic acids is 1. The van der Waals surface area contributed by atoms with Crippen molar-refractivity contribution in [2.45, 2.75) is 46.1 Å². The summed E-state index contributed by atoms with van der Waals surface area (Å²) in [7, 11) is 0. The van der Waals surface area contributed by atoms with Crippen LogP contribution in [0.2, 0.25) is 5.02 Å². The van der Waals surface area contributed by atoms with E-state index in [2.05, 4.69) is 47.6 Å². The van der Waals surface area contributed by atoms with Crippen molar-refractivity contribution < 1.29 is 9.90 Å². The van der Waals surface area contributed by atoms with E-state index in [0.29, 0.717) is 24.4 Å². The van der Waals surface area contributed by atoms with Crippen LogP contribution in [-0.4, -0.2) is 33.2 Å². The monoisotopic (exact) mass is 411 g/mol. The molecule has 1 aliphatic rings. The molecule has 1 aromatic heterocycles. The third-order valence-corrected chi connectivity index (χ3v) is 6.49. The maximum absolute atomic E-state index is 11.5. The van der Waals surface area contributed by atoms with Gasteiger partial charge in [0.15, 0.2) is 0 Å². The fraction of sp³-hybridized carbons (Fsp3) is 0.391. The summed E-state index contributed by atoms with van der Waals surface area (Å²) in [6.45, 7) is 6.86. The maximum Gasteiger partial charge on any atom is 0.306 e. The molecule has 0 spiro atoms. The molecular weight excluding hydrogens is 386 g/mol. The average molecular weight is 412 g/mol. The Morgan fingerprint density at radius 1 is 1.21 bits per heavy atom. The summed E-state index contributed by atoms with van der Waals surface area (Å²) >= 11 is 6.38. The van der Waals surface area contributed by atoms with Gasteiger partial charge in [0.05, 0.1) is 17.0 Å². The SMILES string of the molecule is CC[C@H]1CC(C(=O)O)CCN1c1nc2c(C)c(Cl)ccc2n1-c1ccc(C)cc1. The number of benzene rings is 2. The van der Waals surface area contributed by atoms with Crippen LogP contribution in [0.25, 0.3) is 16.7 Å². The second-order valence-corrected chi connectivity index (χ2v) is 8.35. The topological polar surface area (TPSA) is 58.4 Å². The Bertz CT molecular complexity index is 1060. The number of nitrogens with zero attached hydrogens (tertiary/aromatic N) is 3. The minimum Gasteiger partial charge on any atom is -0.481 e. The molecule has 3 aromatic rings. The molecule has 5 nitrogen and oxygen atoms in total. The molecule has 0 aliphatic carbocycles. The van der Waals surface area contributed by atoms with Crippen molar-refractivity contribution in [3.8, 4) is 5.69 Å². The van der Waals surface area contributed by atoms with Gasteiger partial charge in [0.1, 0.15) is 0 Å². The van der Waals surface area contributed by atoms with Crippen molar-refractivity contribution in [1.29, 1.82) is 0 Å². The molecule has 0 radical (unpaired) electrons. The highest BCUT2D eigenvalue weighted by Crippen LogP contribution is 2.36. The number of halogens is 1. The number of hydrogen-bond acceptors (Lipinski definition) is 3. The lowest BCUT2D eigenvalue weighted by Crippen LogP contribution is -2.45. The lowest BCUT2D eigenvalue weighted by atomic mass is 9.90. The van der Waals surface area contributed by atoms with E-state index in [0.717, 1.165) is 34.7 Å². The van der Waals surface area contributed by atoms with E-state index in [9.17, 15) is 9.90 Å².